The molecule has 0 aliphatic rings. The molecule has 1 N–H and O–H groups in total. The normalized spacial score (nSPS) is 13.1. The molecule has 0 spiro atoms. The molecule has 3 aromatic heterocycles. The third-order valence-electron chi connectivity index (χ3n) is 7.07. The summed E-state index contributed by atoms with van der Waals surface area (Å²) >= 11 is 0. The summed E-state index contributed by atoms with van der Waals surface area (Å²) in [5.41, 5.74) is 4.62. The molecule has 0 amide bonds. The first-order valence-corrected chi connectivity index (χ1v) is 12.7. The predicted octanol–water partition coefficient (Wildman–Crippen LogP) is 5.07. The zero-order chi connectivity index (χ0) is 26.0. The molecule has 0 radical (unpaired) electrons. The molecular weight excluding hydrogens is 450 g/mol. The molecule has 0 bridgehead atoms. The molecule has 8 nitrogen and oxygen atoms in total. The van der Waals surface area contributed by atoms with Crippen LogP contribution in [0.3, 0.4) is 0 Å². The monoisotopic (exact) mass is 487 g/mol. The zero-order valence-electron chi connectivity index (χ0n) is 22.4. The predicted molar refractivity (Wildman–Crippen MR) is 143 cm³/mol. The Labute approximate surface area is 212 Å². The highest BCUT2D eigenvalue weighted by Crippen LogP contribution is 2.33. The summed E-state index contributed by atoms with van der Waals surface area (Å²) in [7, 11) is 0. The van der Waals surface area contributed by atoms with Gasteiger partial charge in [0.1, 0.15) is 0 Å². The Morgan fingerprint density at radius 2 is 1.92 bits per heavy atom. The number of aromatic amines is 1. The van der Waals surface area contributed by atoms with Crippen LogP contribution in [0.5, 0.6) is 0 Å². The van der Waals surface area contributed by atoms with Crippen LogP contribution in [-0.4, -0.2) is 35.1 Å². The summed E-state index contributed by atoms with van der Waals surface area (Å²) in [6.07, 6.45) is 4.54. The van der Waals surface area contributed by atoms with Gasteiger partial charge in [0.2, 0.25) is 0 Å². The summed E-state index contributed by atoms with van der Waals surface area (Å²) in [6, 6.07) is 10.1. The Hall–Kier alpha value is -3.39. The molecule has 0 saturated heterocycles. The standard InChI is InChI=1S/C28H37N7O/c1-8-28(6,7)35-26(31-32-33-35)25(18(2)3)34(16-21-10-9-11-29-15-21)17-23-14-22-13-19(4)12-20(5)24(22)30-27(23)36/h9-15,18,25H,8,16-17H2,1-7H3,(H,30,36)/t25-/m0/s1. The van der Waals surface area contributed by atoms with E-state index in [2.05, 4.69) is 90.1 Å². The van der Waals surface area contributed by atoms with Crippen LogP contribution in [0.1, 0.15) is 75.2 Å². The number of pyridine rings is 2. The molecule has 36 heavy (non-hydrogen) atoms. The van der Waals surface area contributed by atoms with Crippen LogP contribution in [0.4, 0.5) is 0 Å². The van der Waals surface area contributed by atoms with E-state index in [9.17, 15) is 4.79 Å². The quantitative estimate of drug-likeness (QED) is 0.354. The number of nitrogens with zero attached hydrogens (tertiary/aromatic N) is 6. The van der Waals surface area contributed by atoms with E-state index in [1.807, 2.05) is 29.9 Å². The van der Waals surface area contributed by atoms with Crippen molar-refractivity contribution in [1.29, 1.82) is 0 Å². The maximum atomic E-state index is 13.3. The van der Waals surface area contributed by atoms with Crippen molar-refractivity contribution < 1.29 is 0 Å². The summed E-state index contributed by atoms with van der Waals surface area (Å²) in [6.45, 7) is 16.0. The molecule has 0 fully saturated rings. The van der Waals surface area contributed by atoms with Gasteiger partial charge in [-0.15, -0.1) is 5.10 Å². The van der Waals surface area contributed by atoms with Crippen LogP contribution in [-0.2, 0) is 18.6 Å². The second kappa shape index (κ2) is 10.3. The minimum Gasteiger partial charge on any atom is -0.321 e. The van der Waals surface area contributed by atoms with E-state index in [-0.39, 0.29) is 23.1 Å². The summed E-state index contributed by atoms with van der Waals surface area (Å²) in [4.78, 5) is 23.0. The van der Waals surface area contributed by atoms with Gasteiger partial charge in [0.05, 0.1) is 17.1 Å². The average molecular weight is 488 g/mol. The van der Waals surface area contributed by atoms with E-state index < -0.39 is 0 Å². The minimum absolute atomic E-state index is 0.0679. The van der Waals surface area contributed by atoms with Crippen LogP contribution < -0.4 is 5.56 Å². The van der Waals surface area contributed by atoms with Crippen LogP contribution in [0.15, 0.2) is 47.5 Å². The van der Waals surface area contributed by atoms with Gasteiger partial charge in [0.25, 0.3) is 5.56 Å². The van der Waals surface area contributed by atoms with E-state index >= 15 is 0 Å². The van der Waals surface area contributed by atoms with Crippen LogP contribution in [0, 0.1) is 19.8 Å². The molecule has 1 atom stereocenters. The highest BCUT2D eigenvalue weighted by molar-refractivity contribution is 5.82. The fourth-order valence-corrected chi connectivity index (χ4v) is 4.89. The molecule has 0 aliphatic heterocycles. The first-order chi connectivity index (χ1) is 17.1. The molecule has 0 saturated carbocycles. The van der Waals surface area contributed by atoms with E-state index in [0.717, 1.165) is 39.8 Å². The largest absolute Gasteiger partial charge is 0.321 e. The van der Waals surface area contributed by atoms with Gasteiger partial charge in [-0.2, -0.15) is 0 Å². The highest BCUT2D eigenvalue weighted by Gasteiger charge is 2.34. The number of H-pyrrole nitrogens is 1. The van der Waals surface area contributed by atoms with Gasteiger partial charge >= 0.3 is 0 Å². The molecule has 3 heterocycles. The molecule has 0 aliphatic carbocycles. The number of hydrogen-bond acceptors (Lipinski definition) is 6. The molecule has 8 heteroatoms. The Morgan fingerprint density at radius 1 is 1.14 bits per heavy atom. The van der Waals surface area contributed by atoms with E-state index in [4.69, 9.17) is 0 Å². The van der Waals surface area contributed by atoms with Crippen LogP contribution >= 0.6 is 0 Å². The number of tetrazole rings is 1. The number of benzene rings is 1. The maximum absolute atomic E-state index is 13.3. The summed E-state index contributed by atoms with van der Waals surface area (Å²) in [5, 5.41) is 14.0. The molecule has 0 unspecified atom stereocenters. The lowest BCUT2D eigenvalue weighted by atomic mass is 9.97. The van der Waals surface area contributed by atoms with Gasteiger partial charge in [-0.1, -0.05) is 38.5 Å². The summed E-state index contributed by atoms with van der Waals surface area (Å²) in [5.74, 6) is 1.01. The van der Waals surface area contributed by atoms with Crippen molar-refractivity contribution >= 4 is 10.9 Å². The molecule has 190 valence electrons. The molecule has 1 aromatic carbocycles. The van der Waals surface area contributed by atoms with Crippen LogP contribution in [0.2, 0.25) is 0 Å². The lowest BCUT2D eigenvalue weighted by Crippen LogP contribution is -2.38. The second-order valence-electron chi connectivity index (χ2n) is 10.7. The van der Waals surface area contributed by atoms with Gasteiger partial charge in [0.15, 0.2) is 5.82 Å². The first kappa shape index (κ1) is 25.7. The first-order valence-electron chi connectivity index (χ1n) is 12.7. The van der Waals surface area contributed by atoms with Crippen molar-refractivity contribution in [2.24, 2.45) is 5.92 Å². The van der Waals surface area contributed by atoms with Crippen molar-refractivity contribution in [1.82, 2.24) is 35.1 Å². The number of fused-ring (bicyclic) bond motifs is 1. The van der Waals surface area contributed by atoms with Gasteiger partial charge in [-0.3, -0.25) is 14.7 Å². The maximum Gasteiger partial charge on any atom is 0.252 e. The van der Waals surface area contributed by atoms with Gasteiger partial charge in [-0.25, -0.2) is 4.68 Å². The van der Waals surface area contributed by atoms with Crippen molar-refractivity contribution in [3.8, 4) is 0 Å². The molecular formula is C28H37N7O. The fourth-order valence-electron chi connectivity index (χ4n) is 4.89. The molecule has 4 aromatic rings. The van der Waals surface area contributed by atoms with Crippen molar-refractivity contribution in [2.45, 2.75) is 79.6 Å². The van der Waals surface area contributed by atoms with Crippen molar-refractivity contribution in [3.63, 3.8) is 0 Å². The third-order valence-corrected chi connectivity index (χ3v) is 7.07. The van der Waals surface area contributed by atoms with Gasteiger partial charge in [-0.05, 0) is 85.2 Å². The highest BCUT2D eigenvalue weighted by atomic mass is 16.1. The van der Waals surface area contributed by atoms with E-state index in [1.54, 1.807) is 6.20 Å². The zero-order valence-corrected chi connectivity index (χ0v) is 22.4. The molecule has 4 rings (SSSR count). The Balaban J connectivity index is 1.83. The minimum atomic E-state index is -0.235. The van der Waals surface area contributed by atoms with Gasteiger partial charge in [0, 0.05) is 31.0 Å². The topological polar surface area (TPSA) is 92.6 Å². The number of hydrogen-bond donors (Lipinski definition) is 1. The van der Waals surface area contributed by atoms with Gasteiger partial charge < -0.3 is 4.98 Å². The van der Waals surface area contributed by atoms with Crippen molar-refractivity contribution in [3.05, 3.63) is 81.2 Å². The number of rotatable bonds is 9. The average Bonchev–Trinajstić information content (AvgIpc) is 3.31. The Kier molecular flexibility index (Phi) is 7.36. The smallest absolute Gasteiger partial charge is 0.252 e. The fraction of sp³-hybridized carbons (Fsp3) is 0.464. The summed E-state index contributed by atoms with van der Waals surface area (Å²) < 4.78 is 1.95. The number of aromatic nitrogens is 6. The van der Waals surface area contributed by atoms with Crippen molar-refractivity contribution in [2.75, 3.05) is 0 Å². The van der Waals surface area contributed by atoms with Crippen LogP contribution in [0.25, 0.3) is 10.9 Å². The Morgan fingerprint density at radius 3 is 2.58 bits per heavy atom. The lowest BCUT2D eigenvalue weighted by molar-refractivity contribution is 0.117. The lowest BCUT2D eigenvalue weighted by Gasteiger charge is -2.35. The SMILES string of the molecule is CCC(C)(C)n1nnnc1[C@H](C(C)C)N(Cc1cccnc1)Cc1cc2cc(C)cc(C)c2[nH]c1=O. The number of nitrogens with one attached hydrogen (secondary N) is 1. The second-order valence-corrected chi connectivity index (χ2v) is 10.7. The van der Waals surface area contributed by atoms with E-state index in [1.165, 1.54) is 5.56 Å². The van der Waals surface area contributed by atoms with E-state index in [0.29, 0.717) is 13.1 Å². The Bertz CT molecular complexity index is 1390. The third kappa shape index (κ3) is 5.23. The number of aryl methyl sites for hydroxylation is 2.